The lowest BCUT2D eigenvalue weighted by molar-refractivity contribution is 1.23. The molecule has 8 aromatic carbocycles. The topological polar surface area (TPSA) is 4.93 Å². The predicted molar refractivity (Wildman–Crippen MR) is 199 cm³/mol. The molecule has 0 N–H and O–H groups in total. The van der Waals surface area contributed by atoms with Crippen molar-refractivity contribution in [1.29, 1.82) is 0 Å². The van der Waals surface area contributed by atoms with Crippen molar-refractivity contribution in [2.24, 2.45) is 0 Å². The maximum Gasteiger partial charge on any atom is 0.0626 e. The standard InChI is InChI=1S/C46H27N/c1-2-14-30-25-38-37(24-29(30)13-1)43(36-21-11-17-28-12-5-6-18-33(28)36)44-39-26-31-15-3-4-16-32(31)27-40(39)46(45(38)44)47-41-22-9-7-19-34(41)35-20-8-10-23-42(35)47/h1-27H. The Morgan fingerprint density at radius 3 is 1.30 bits per heavy atom. The van der Waals surface area contributed by atoms with Crippen LogP contribution in [0.1, 0.15) is 27.8 Å². The molecule has 0 amide bonds. The molecule has 2 aliphatic rings. The number of aromatic nitrogens is 1. The van der Waals surface area contributed by atoms with Gasteiger partial charge in [-0.05, 0) is 96.5 Å². The second-order valence-electron chi connectivity index (χ2n) is 12.9. The molecule has 1 aromatic heterocycles. The fraction of sp³-hybridized carbons (Fsp3) is 0. The highest BCUT2D eigenvalue weighted by Crippen LogP contribution is 2.59. The molecule has 0 fully saturated rings. The third kappa shape index (κ3) is 3.33. The average molecular weight is 594 g/mol. The van der Waals surface area contributed by atoms with Gasteiger partial charge in [-0.3, -0.25) is 0 Å². The van der Waals surface area contributed by atoms with Gasteiger partial charge >= 0.3 is 0 Å². The first-order chi connectivity index (χ1) is 23.3. The fourth-order valence-electron chi connectivity index (χ4n) is 8.46. The van der Waals surface area contributed by atoms with E-state index >= 15 is 0 Å². The molecule has 9 aromatic rings. The molecule has 0 radical (unpaired) electrons. The van der Waals surface area contributed by atoms with Gasteiger partial charge in [0.1, 0.15) is 0 Å². The largest absolute Gasteiger partial charge is 0.308 e. The van der Waals surface area contributed by atoms with E-state index in [9.17, 15) is 0 Å². The summed E-state index contributed by atoms with van der Waals surface area (Å²) in [6, 6.07) is 60.8. The highest BCUT2D eigenvalue weighted by atomic mass is 15.0. The number of benzene rings is 8. The minimum atomic E-state index is 1.23. The van der Waals surface area contributed by atoms with Crippen molar-refractivity contribution in [1.82, 2.24) is 4.57 Å². The van der Waals surface area contributed by atoms with Crippen LogP contribution in [-0.4, -0.2) is 4.57 Å². The first-order valence-corrected chi connectivity index (χ1v) is 16.4. The number of hydrogen-bond acceptors (Lipinski definition) is 0. The lowest BCUT2D eigenvalue weighted by atomic mass is 9.89. The van der Waals surface area contributed by atoms with Crippen LogP contribution in [0.15, 0.2) is 164 Å². The zero-order valence-corrected chi connectivity index (χ0v) is 25.5. The smallest absolute Gasteiger partial charge is 0.0626 e. The van der Waals surface area contributed by atoms with Gasteiger partial charge < -0.3 is 4.57 Å². The number of para-hydroxylation sites is 2. The Balaban J connectivity index is 1.39. The Morgan fingerprint density at radius 1 is 0.277 bits per heavy atom. The van der Waals surface area contributed by atoms with Crippen LogP contribution in [-0.2, 0) is 0 Å². The fourth-order valence-corrected chi connectivity index (χ4v) is 8.46. The molecule has 47 heavy (non-hydrogen) atoms. The zero-order chi connectivity index (χ0) is 30.6. The molecule has 0 spiro atoms. The molecule has 1 heterocycles. The molecule has 0 bridgehead atoms. The Hall–Kier alpha value is -6.18. The first kappa shape index (κ1) is 25.1. The van der Waals surface area contributed by atoms with Crippen molar-refractivity contribution in [2.75, 3.05) is 0 Å². The summed E-state index contributed by atoms with van der Waals surface area (Å²) in [4.78, 5) is 0. The van der Waals surface area contributed by atoms with E-state index in [0.29, 0.717) is 0 Å². The van der Waals surface area contributed by atoms with Gasteiger partial charge in [0, 0.05) is 27.5 Å². The highest BCUT2D eigenvalue weighted by Gasteiger charge is 2.39. The molecular weight excluding hydrogens is 567 g/mol. The van der Waals surface area contributed by atoms with Gasteiger partial charge in [0.25, 0.3) is 0 Å². The van der Waals surface area contributed by atoms with E-state index in [0.717, 1.165) is 0 Å². The summed E-state index contributed by atoms with van der Waals surface area (Å²) in [7, 11) is 0. The summed E-state index contributed by atoms with van der Waals surface area (Å²) in [6.45, 7) is 0. The normalized spacial score (nSPS) is 13.8. The van der Waals surface area contributed by atoms with Crippen LogP contribution in [0.2, 0.25) is 0 Å². The lowest BCUT2D eigenvalue weighted by Crippen LogP contribution is -2.00. The second-order valence-corrected chi connectivity index (χ2v) is 12.9. The van der Waals surface area contributed by atoms with Gasteiger partial charge in [0.15, 0.2) is 0 Å². The summed E-state index contributed by atoms with van der Waals surface area (Å²) < 4.78 is 2.55. The van der Waals surface area contributed by atoms with Crippen LogP contribution in [0.4, 0.5) is 0 Å². The minimum absolute atomic E-state index is 1.23. The van der Waals surface area contributed by atoms with E-state index in [2.05, 4.69) is 168 Å². The van der Waals surface area contributed by atoms with Gasteiger partial charge in [-0.2, -0.15) is 0 Å². The summed E-state index contributed by atoms with van der Waals surface area (Å²) in [5.74, 6) is 0. The van der Waals surface area contributed by atoms with Crippen molar-refractivity contribution in [3.8, 4) is 0 Å². The van der Waals surface area contributed by atoms with E-state index in [1.165, 1.54) is 104 Å². The summed E-state index contributed by atoms with van der Waals surface area (Å²) in [6.07, 6.45) is 0. The highest BCUT2D eigenvalue weighted by molar-refractivity contribution is 6.36. The van der Waals surface area contributed by atoms with E-state index < -0.39 is 0 Å². The van der Waals surface area contributed by atoms with Gasteiger partial charge in [-0.25, -0.2) is 0 Å². The van der Waals surface area contributed by atoms with Crippen molar-refractivity contribution in [3.05, 3.63) is 192 Å². The van der Waals surface area contributed by atoms with Crippen LogP contribution < -0.4 is 0 Å². The average Bonchev–Trinajstić information content (AvgIpc) is 3.74. The second kappa shape index (κ2) is 9.19. The maximum absolute atomic E-state index is 2.55. The Bertz CT molecular complexity index is 2830. The van der Waals surface area contributed by atoms with Crippen LogP contribution in [0.25, 0.3) is 76.5 Å². The number of hydrogen-bond donors (Lipinski definition) is 0. The Kier molecular flexibility index (Phi) is 4.90. The van der Waals surface area contributed by atoms with E-state index in [-0.39, 0.29) is 0 Å². The molecule has 0 saturated heterocycles. The molecule has 1 heteroatoms. The molecule has 0 aliphatic heterocycles. The molecule has 2 aliphatic carbocycles. The van der Waals surface area contributed by atoms with Crippen molar-refractivity contribution < 1.29 is 0 Å². The lowest BCUT2D eigenvalue weighted by Gasteiger charge is -2.16. The zero-order valence-electron chi connectivity index (χ0n) is 25.5. The molecule has 0 saturated carbocycles. The maximum atomic E-state index is 2.55. The van der Waals surface area contributed by atoms with Gasteiger partial charge in [-0.15, -0.1) is 0 Å². The molecular formula is C46H27N. The quantitative estimate of drug-likeness (QED) is 0.188. The predicted octanol–water partition coefficient (Wildman–Crippen LogP) is 12.0. The van der Waals surface area contributed by atoms with Crippen molar-refractivity contribution >= 4 is 76.5 Å². The monoisotopic (exact) mass is 593 g/mol. The van der Waals surface area contributed by atoms with E-state index in [1.807, 2.05) is 0 Å². The summed E-state index contributed by atoms with van der Waals surface area (Å²) >= 11 is 0. The Labute approximate surface area is 271 Å². The first-order valence-electron chi connectivity index (χ1n) is 16.4. The van der Waals surface area contributed by atoms with Crippen LogP contribution in [0.3, 0.4) is 0 Å². The number of nitrogens with zero attached hydrogens (tertiary/aromatic N) is 1. The van der Waals surface area contributed by atoms with Gasteiger partial charge in [0.05, 0.1) is 16.7 Å². The van der Waals surface area contributed by atoms with E-state index in [4.69, 9.17) is 0 Å². The third-order valence-electron chi connectivity index (χ3n) is 10.4. The van der Waals surface area contributed by atoms with Crippen molar-refractivity contribution in [3.63, 3.8) is 0 Å². The SMILES string of the molecule is c1ccc2cc3c(cc2c1)C1=C(n2c4ccccc4c4ccccc42)c2cc4ccccc4cc2C1=C3c1cccc2ccccc12. The van der Waals surface area contributed by atoms with Crippen LogP contribution in [0.5, 0.6) is 0 Å². The molecule has 1 nitrogen and oxygen atoms in total. The van der Waals surface area contributed by atoms with Crippen molar-refractivity contribution in [2.45, 2.75) is 0 Å². The van der Waals surface area contributed by atoms with Gasteiger partial charge in [0.2, 0.25) is 0 Å². The molecule has 216 valence electrons. The van der Waals surface area contributed by atoms with Crippen LogP contribution in [0, 0.1) is 0 Å². The molecule has 0 atom stereocenters. The molecule has 11 rings (SSSR count). The summed E-state index contributed by atoms with van der Waals surface area (Å²) in [5, 5.41) is 10.2. The number of fused-ring (bicyclic) bond motifs is 11. The Morgan fingerprint density at radius 2 is 0.702 bits per heavy atom. The van der Waals surface area contributed by atoms with Crippen LogP contribution >= 0.6 is 0 Å². The third-order valence-corrected chi connectivity index (χ3v) is 10.4. The van der Waals surface area contributed by atoms with E-state index in [1.54, 1.807) is 0 Å². The van der Waals surface area contributed by atoms with Gasteiger partial charge in [-0.1, -0.05) is 127 Å². The number of allylic oxidation sites excluding steroid dienone is 2. The molecule has 0 unspecified atom stereocenters. The summed E-state index contributed by atoms with van der Waals surface area (Å²) in [5.41, 5.74) is 14.2. The number of rotatable bonds is 2. The minimum Gasteiger partial charge on any atom is -0.308 e.